The summed E-state index contributed by atoms with van der Waals surface area (Å²) in [6, 6.07) is 12.8. The van der Waals surface area contributed by atoms with E-state index in [1.165, 1.54) is 24.8 Å². The highest BCUT2D eigenvalue weighted by atomic mass is 79.9. The summed E-state index contributed by atoms with van der Waals surface area (Å²) in [6.45, 7) is 6.27. The summed E-state index contributed by atoms with van der Waals surface area (Å²) in [5.41, 5.74) is 2.37. The van der Waals surface area contributed by atoms with Gasteiger partial charge in [-0.3, -0.25) is 9.59 Å². The number of aromatic nitrogens is 1. The first-order valence-electron chi connectivity index (χ1n) is 12.5. The molecule has 2 amide bonds. The van der Waals surface area contributed by atoms with E-state index in [0.29, 0.717) is 19.5 Å². The number of rotatable bonds is 11. The maximum Gasteiger partial charge on any atom is 0.242 e. The average molecular weight is 517 g/mol. The molecule has 0 unspecified atom stereocenters. The summed E-state index contributed by atoms with van der Waals surface area (Å²) in [4.78, 5) is 30.0. The van der Waals surface area contributed by atoms with Crippen LogP contribution in [0.2, 0.25) is 0 Å². The Morgan fingerprint density at radius 1 is 1.00 bits per heavy atom. The molecule has 1 aliphatic rings. The van der Waals surface area contributed by atoms with Crippen molar-refractivity contribution in [3.63, 3.8) is 0 Å². The standard InChI is InChI=1S/C27H38BrN3O2/c1-3-9-26(32)30(17-4-2)21-27(33)31(24-10-6-5-7-11-24)20-25-12-8-18-29(25)19-22-13-15-23(28)16-14-22/h8,12-16,18,24H,3-7,9-11,17,19-21H2,1-2H3. The van der Waals surface area contributed by atoms with Gasteiger partial charge in [0.15, 0.2) is 0 Å². The van der Waals surface area contributed by atoms with Crippen LogP contribution in [0.25, 0.3) is 0 Å². The zero-order valence-electron chi connectivity index (χ0n) is 20.1. The van der Waals surface area contributed by atoms with E-state index in [1.807, 2.05) is 6.92 Å². The lowest BCUT2D eigenvalue weighted by Crippen LogP contribution is -2.47. The predicted molar refractivity (Wildman–Crippen MR) is 137 cm³/mol. The molecule has 33 heavy (non-hydrogen) atoms. The molecule has 0 bridgehead atoms. The monoisotopic (exact) mass is 515 g/mol. The van der Waals surface area contributed by atoms with E-state index in [9.17, 15) is 9.59 Å². The van der Waals surface area contributed by atoms with E-state index in [2.05, 4.69) is 74.9 Å². The fourth-order valence-corrected chi connectivity index (χ4v) is 4.97. The van der Waals surface area contributed by atoms with Crippen molar-refractivity contribution in [1.82, 2.24) is 14.4 Å². The molecule has 1 aromatic carbocycles. The number of carbonyl (C=O) groups excluding carboxylic acids is 2. The third-order valence-corrected chi connectivity index (χ3v) is 7.02. The van der Waals surface area contributed by atoms with Crippen LogP contribution in [0.3, 0.4) is 0 Å². The molecule has 1 fully saturated rings. The van der Waals surface area contributed by atoms with Crippen molar-refractivity contribution in [2.45, 2.75) is 84.3 Å². The number of hydrogen-bond donors (Lipinski definition) is 0. The molecule has 0 spiro atoms. The minimum absolute atomic E-state index is 0.0798. The van der Waals surface area contributed by atoms with Crippen molar-refractivity contribution >= 4 is 27.7 Å². The number of halogens is 1. The van der Waals surface area contributed by atoms with Crippen LogP contribution in [0.5, 0.6) is 0 Å². The van der Waals surface area contributed by atoms with Gasteiger partial charge in [-0.2, -0.15) is 0 Å². The SMILES string of the molecule is CCCC(=O)N(CCC)CC(=O)N(Cc1cccn1Cc1ccc(Br)cc1)C1CCCCC1. The van der Waals surface area contributed by atoms with Gasteiger partial charge in [-0.1, -0.05) is 61.2 Å². The summed E-state index contributed by atoms with van der Waals surface area (Å²) >= 11 is 3.50. The molecule has 0 N–H and O–H groups in total. The molecular weight excluding hydrogens is 478 g/mol. The lowest BCUT2D eigenvalue weighted by atomic mass is 9.94. The molecule has 0 atom stereocenters. The molecule has 0 aliphatic heterocycles. The van der Waals surface area contributed by atoms with E-state index < -0.39 is 0 Å². The van der Waals surface area contributed by atoms with Gasteiger partial charge in [0.2, 0.25) is 11.8 Å². The van der Waals surface area contributed by atoms with Crippen molar-refractivity contribution in [2.24, 2.45) is 0 Å². The molecular formula is C27H38BrN3O2. The summed E-state index contributed by atoms with van der Waals surface area (Å²) in [6.07, 6.45) is 9.96. The maximum absolute atomic E-state index is 13.6. The van der Waals surface area contributed by atoms with Gasteiger partial charge in [0.1, 0.15) is 0 Å². The normalized spacial score (nSPS) is 14.3. The second-order valence-electron chi connectivity index (χ2n) is 9.13. The number of benzene rings is 1. The summed E-state index contributed by atoms with van der Waals surface area (Å²) in [5.74, 6) is 0.172. The van der Waals surface area contributed by atoms with Crippen LogP contribution in [0, 0.1) is 0 Å². The number of amides is 2. The summed E-state index contributed by atoms with van der Waals surface area (Å²) < 4.78 is 3.31. The van der Waals surface area contributed by atoms with Gasteiger partial charge in [-0.05, 0) is 55.5 Å². The lowest BCUT2D eigenvalue weighted by molar-refractivity contribution is -0.143. The quantitative estimate of drug-likeness (QED) is 0.368. The smallest absolute Gasteiger partial charge is 0.242 e. The largest absolute Gasteiger partial charge is 0.345 e. The lowest BCUT2D eigenvalue weighted by Gasteiger charge is -2.36. The van der Waals surface area contributed by atoms with E-state index in [4.69, 9.17) is 0 Å². The van der Waals surface area contributed by atoms with E-state index in [-0.39, 0.29) is 24.4 Å². The zero-order valence-corrected chi connectivity index (χ0v) is 21.7. The zero-order chi connectivity index (χ0) is 23.6. The van der Waals surface area contributed by atoms with Gasteiger partial charge in [0, 0.05) is 41.9 Å². The fourth-order valence-electron chi connectivity index (χ4n) is 4.71. The van der Waals surface area contributed by atoms with E-state index in [0.717, 1.165) is 42.4 Å². The minimum atomic E-state index is 0.0798. The van der Waals surface area contributed by atoms with Gasteiger partial charge in [0.25, 0.3) is 0 Å². The highest BCUT2D eigenvalue weighted by molar-refractivity contribution is 9.10. The Kier molecular flexibility index (Phi) is 10.0. The molecule has 0 radical (unpaired) electrons. The fraction of sp³-hybridized carbons (Fsp3) is 0.556. The van der Waals surface area contributed by atoms with Crippen LogP contribution >= 0.6 is 15.9 Å². The molecule has 5 nitrogen and oxygen atoms in total. The molecule has 6 heteroatoms. The third-order valence-electron chi connectivity index (χ3n) is 6.49. The summed E-state index contributed by atoms with van der Waals surface area (Å²) in [5, 5.41) is 0. The Balaban J connectivity index is 1.77. The third kappa shape index (κ3) is 7.46. The first kappa shape index (κ1) is 25.5. The van der Waals surface area contributed by atoms with Crippen molar-refractivity contribution in [2.75, 3.05) is 13.1 Å². The molecule has 1 saturated carbocycles. The average Bonchev–Trinajstić information content (AvgIpc) is 3.26. The molecule has 2 aromatic rings. The molecule has 1 aliphatic carbocycles. The Morgan fingerprint density at radius 2 is 1.73 bits per heavy atom. The van der Waals surface area contributed by atoms with Gasteiger partial charge in [-0.25, -0.2) is 0 Å². The number of nitrogens with zero attached hydrogens (tertiary/aromatic N) is 3. The van der Waals surface area contributed by atoms with Crippen molar-refractivity contribution < 1.29 is 9.59 Å². The van der Waals surface area contributed by atoms with Crippen LogP contribution in [-0.4, -0.2) is 45.3 Å². The molecule has 1 heterocycles. The first-order valence-corrected chi connectivity index (χ1v) is 13.3. The van der Waals surface area contributed by atoms with Crippen molar-refractivity contribution in [3.8, 4) is 0 Å². The molecule has 0 saturated heterocycles. The highest BCUT2D eigenvalue weighted by Crippen LogP contribution is 2.25. The maximum atomic E-state index is 13.6. The highest BCUT2D eigenvalue weighted by Gasteiger charge is 2.28. The van der Waals surface area contributed by atoms with Crippen LogP contribution in [0.15, 0.2) is 47.1 Å². The van der Waals surface area contributed by atoms with Gasteiger partial charge in [0.05, 0.1) is 13.1 Å². The van der Waals surface area contributed by atoms with Gasteiger partial charge < -0.3 is 14.4 Å². The summed E-state index contributed by atoms with van der Waals surface area (Å²) in [7, 11) is 0. The van der Waals surface area contributed by atoms with Crippen LogP contribution in [-0.2, 0) is 22.7 Å². The number of carbonyl (C=O) groups is 2. The second-order valence-corrected chi connectivity index (χ2v) is 10.0. The van der Waals surface area contributed by atoms with Crippen molar-refractivity contribution in [1.29, 1.82) is 0 Å². The van der Waals surface area contributed by atoms with Crippen molar-refractivity contribution in [3.05, 3.63) is 58.3 Å². The molecule has 1 aromatic heterocycles. The second kappa shape index (κ2) is 13.0. The Bertz CT molecular complexity index is 887. The van der Waals surface area contributed by atoms with Crippen LogP contribution in [0.4, 0.5) is 0 Å². The van der Waals surface area contributed by atoms with E-state index in [1.54, 1.807) is 4.90 Å². The van der Waals surface area contributed by atoms with Gasteiger partial charge >= 0.3 is 0 Å². The van der Waals surface area contributed by atoms with Crippen LogP contribution in [0.1, 0.15) is 76.5 Å². The topological polar surface area (TPSA) is 45.6 Å². The Hall–Kier alpha value is -2.08. The molecule has 3 rings (SSSR count). The van der Waals surface area contributed by atoms with E-state index >= 15 is 0 Å². The Labute approximate surface area is 207 Å². The molecule has 180 valence electrons. The van der Waals surface area contributed by atoms with Crippen LogP contribution < -0.4 is 0 Å². The van der Waals surface area contributed by atoms with Gasteiger partial charge in [-0.15, -0.1) is 0 Å². The number of hydrogen-bond acceptors (Lipinski definition) is 2. The first-order chi connectivity index (χ1) is 16.0. The minimum Gasteiger partial charge on any atom is -0.345 e. The Morgan fingerprint density at radius 3 is 2.39 bits per heavy atom. The predicted octanol–water partition coefficient (Wildman–Crippen LogP) is 6.00.